The van der Waals surface area contributed by atoms with E-state index in [9.17, 15) is 18.0 Å². The second kappa shape index (κ2) is 3.96. The molecule has 1 rings (SSSR count). The van der Waals surface area contributed by atoms with Crippen LogP contribution in [0, 0.1) is 12.7 Å². The minimum Gasteiger partial charge on any atom is -0.275 e. The number of pyridine rings is 1. The van der Waals surface area contributed by atoms with Crippen molar-refractivity contribution in [2.24, 2.45) is 0 Å². The Morgan fingerprint density at radius 1 is 1.57 bits per heavy atom. The standard InChI is InChI=1S/C8H5ClF3NO/c1-3-5(7(9)14)4(10)2-13-6(3)8(11)12/h2,8H,1H3. The highest BCUT2D eigenvalue weighted by Gasteiger charge is 2.21. The van der Waals surface area contributed by atoms with Gasteiger partial charge in [-0.3, -0.25) is 9.78 Å². The monoisotopic (exact) mass is 223 g/mol. The summed E-state index contributed by atoms with van der Waals surface area (Å²) in [6.45, 7) is 1.17. The molecule has 76 valence electrons. The van der Waals surface area contributed by atoms with Crippen LogP contribution in [-0.2, 0) is 0 Å². The van der Waals surface area contributed by atoms with E-state index in [-0.39, 0.29) is 5.56 Å². The number of alkyl halides is 2. The van der Waals surface area contributed by atoms with Crippen LogP contribution in [0.5, 0.6) is 0 Å². The summed E-state index contributed by atoms with van der Waals surface area (Å²) in [6, 6.07) is 0. The molecule has 0 N–H and O–H groups in total. The molecule has 1 heterocycles. The van der Waals surface area contributed by atoms with Gasteiger partial charge in [-0.05, 0) is 24.1 Å². The molecule has 1 aromatic rings. The van der Waals surface area contributed by atoms with E-state index < -0.39 is 28.7 Å². The summed E-state index contributed by atoms with van der Waals surface area (Å²) >= 11 is 5.04. The normalized spacial score (nSPS) is 10.7. The Kier molecular flexibility index (Phi) is 3.10. The fourth-order valence-corrected chi connectivity index (χ4v) is 1.29. The SMILES string of the molecule is Cc1c(C(F)F)ncc(F)c1C(=O)Cl. The fourth-order valence-electron chi connectivity index (χ4n) is 1.06. The quantitative estimate of drug-likeness (QED) is 0.722. The zero-order valence-electron chi connectivity index (χ0n) is 7.02. The van der Waals surface area contributed by atoms with Gasteiger partial charge in [0.05, 0.1) is 11.8 Å². The predicted octanol–water partition coefficient (Wildman–Crippen LogP) is 2.85. The first-order valence-corrected chi connectivity index (χ1v) is 3.96. The lowest BCUT2D eigenvalue weighted by Gasteiger charge is -2.07. The summed E-state index contributed by atoms with van der Waals surface area (Å²) in [5, 5.41) is -1.11. The van der Waals surface area contributed by atoms with E-state index in [1.807, 2.05) is 0 Å². The largest absolute Gasteiger partial charge is 0.280 e. The minimum absolute atomic E-state index is 0.222. The van der Waals surface area contributed by atoms with Gasteiger partial charge in [-0.15, -0.1) is 0 Å². The first-order valence-electron chi connectivity index (χ1n) is 3.58. The number of nitrogens with zero attached hydrogens (tertiary/aromatic N) is 1. The third-order valence-corrected chi connectivity index (χ3v) is 1.91. The van der Waals surface area contributed by atoms with Gasteiger partial charge in [-0.1, -0.05) is 0 Å². The molecule has 0 bridgehead atoms. The van der Waals surface area contributed by atoms with Gasteiger partial charge in [0, 0.05) is 0 Å². The van der Waals surface area contributed by atoms with Gasteiger partial charge in [0.1, 0.15) is 5.69 Å². The summed E-state index contributed by atoms with van der Waals surface area (Å²) in [7, 11) is 0. The Hall–Kier alpha value is -1.10. The Balaban J connectivity index is 3.41. The molecule has 6 heteroatoms. The zero-order chi connectivity index (χ0) is 10.9. The van der Waals surface area contributed by atoms with Crippen LogP contribution in [0.15, 0.2) is 6.20 Å². The van der Waals surface area contributed by atoms with Crippen LogP contribution in [0.25, 0.3) is 0 Å². The molecule has 0 spiro atoms. The highest BCUT2D eigenvalue weighted by molar-refractivity contribution is 6.68. The zero-order valence-corrected chi connectivity index (χ0v) is 7.78. The number of hydrogen-bond acceptors (Lipinski definition) is 2. The van der Waals surface area contributed by atoms with Gasteiger partial charge in [-0.25, -0.2) is 13.2 Å². The number of carbonyl (C=O) groups excluding carboxylic acids is 1. The molecular formula is C8H5ClF3NO. The molecule has 0 atom stereocenters. The van der Waals surface area contributed by atoms with Crippen molar-refractivity contribution >= 4 is 16.8 Å². The summed E-state index contributed by atoms with van der Waals surface area (Å²) in [5.74, 6) is -0.994. The van der Waals surface area contributed by atoms with Crippen molar-refractivity contribution in [3.05, 3.63) is 28.8 Å². The molecule has 0 unspecified atom stereocenters. The first-order chi connectivity index (χ1) is 6.45. The Bertz CT molecular complexity index is 381. The van der Waals surface area contributed by atoms with Crippen molar-refractivity contribution in [1.82, 2.24) is 4.98 Å². The van der Waals surface area contributed by atoms with Crippen LogP contribution in [0.3, 0.4) is 0 Å². The Labute approximate surface area is 82.7 Å². The maximum absolute atomic E-state index is 12.9. The number of hydrogen-bond donors (Lipinski definition) is 0. The highest BCUT2D eigenvalue weighted by Crippen LogP contribution is 2.24. The van der Waals surface area contributed by atoms with Crippen LogP contribution in [0.4, 0.5) is 13.2 Å². The van der Waals surface area contributed by atoms with E-state index in [1.165, 1.54) is 6.92 Å². The van der Waals surface area contributed by atoms with Crippen molar-refractivity contribution in [2.75, 3.05) is 0 Å². The van der Waals surface area contributed by atoms with Crippen LogP contribution in [-0.4, -0.2) is 10.2 Å². The topological polar surface area (TPSA) is 30.0 Å². The van der Waals surface area contributed by atoms with Crippen molar-refractivity contribution in [2.45, 2.75) is 13.3 Å². The van der Waals surface area contributed by atoms with E-state index >= 15 is 0 Å². The van der Waals surface area contributed by atoms with E-state index in [2.05, 4.69) is 4.98 Å². The van der Waals surface area contributed by atoms with Gasteiger partial charge in [0.25, 0.3) is 11.7 Å². The van der Waals surface area contributed by atoms with Gasteiger partial charge in [0.2, 0.25) is 0 Å². The van der Waals surface area contributed by atoms with Crippen LogP contribution < -0.4 is 0 Å². The second-order valence-electron chi connectivity index (χ2n) is 2.57. The van der Waals surface area contributed by atoms with E-state index in [4.69, 9.17) is 11.6 Å². The van der Waals surface area contributed by atoms with Crippen LogP contribution >= 0.6 is 11.6 Å². The molecule has 0 aliphatic rings. The predicted molar refractivity (Wildman–Crippen MR) is 44.1 cm³/mol. The summed E-state index contributed by atoms with van der Waals surface area (Å²) in [5.41, 5.74) is -1.40. The van der Waals surface area contributed by atoms with Crippen molar-refractivity contribution in [1.29, 1.82) is 0 Å². The molecule has 0 aliphatic heterocycles. The summed E-state index contributed by atoms with van der Waals surface area (Å²) < 4.78 is 37.5. The lowest BCUT2D eigenvalue weighted by atomic mass is 10.1. The molecule has 0 saturated carbocycles. The van der Waals surface area contributed by atoms with E-state index in [0.29, 0.717) is 6.20 Å². The molecule has 0 saturated heterocycles. The number of carbonyl (C=O) groups is 1. The smallest absolute Gasteiger partial charge is 0.275 e. The maximum atomic E-state index is 12.9. The molecule has 0 fully saturated rings. The number of rotatable bonds is 2. The third kappa shape index (κ3) is 1.87. The molecule has 0 aromatic carbocycles. The highest BCUT2D eigenvalue weighted by atomic mass is 35.5. The molecule has 14 heavy (non-hydrogen) atoms. The molecule has 0 amide bonds. The average molecular weight is 224 g/mol. The summed E-state index contributed by atoms with van der Waals surface area (Å²) in [6.07, 6.45) is -2.30. The minimum atomic E-state index is -2.86. The Morgan fingerprint density at radius 2 is 2.14 bits per heavy atom. The molecule has 1 aromatic heterocycles. The molecular weight excluding hydrogens is 219 g/mol. The third-order valence-electron chi connectivity index (χ3n) is 1.72. The average Bonchev–Trinajstić information content (AvgIpc) is 2.02. The molecule has 0 aliphatic carbocycles. The van der Waals surface area contributed by atoms with E-state index in [1.54, 1.807) is 0 Å². The second-order valence-corrected chi connectivity index (χ2v) is 2.91. The van der Waals surface area contributed by atoms with Gasteiger partial charge < -0.3 is 0 Å². The first kappa shape index (κ1) is 11.0. The van der Waals surface area contributed by atoms with Gasteiger partial charge in [0.15, 0.2) is 5.82 Å². The number of aromatic nitrogens is 1. The van der Waals surface area contributed by atoms with Crippen molar-refractivity contribution in [3.63, 3.8) is 0 Å². The Morgan fingerprint density at radius 3 is 2.57 bits per heavy atom. The maximum Gasteiger partial charge on any atom is 0.280 e. The lowest BCUT2D eigenvalue weighted by Crippen LogP contribution is -2.05. The van der Waals surface area contributed by atoms with Crippen LogP contribution in [0.1, 0.15) is 28.0 Å². The van der Waals surface area contributed by atoms with Gasteiger partial charge >= 0.3 is 0 Å². The fraction of sp³-hybridized carbons (Fsp3) is 0.250. The van der Waals surface area contributed by atoms with Crippen molar-refractivity contribution < 1.29 is 18.0 Å². The van der Waals surface area contributed by atoms with Gasteiger partial charge in [-0.2, -0.15) is 0 Å². The van der Waals surface area contributed by atoms with E-state index in [0.717, 1.165) is 0 Å². The number of halogens is 4. The lowest BCUT2D eigenvalue weighted by molar-refractivity contribution is 0.107. The summed E-state index contributed by atoms with van der Waals surface area (Å²) in [4.78, 5) is 13.9. The van der Waals surface area contributed by atoms with Crippen molar-refractivity contribution in [3.8, 4) is 0 Å². The van der Waals surface area contributed by atoms with Crippen LogP contribution in [0.2, 0.25) is 0 Å². The molecule has 0 radical (unpaired) electrons. The molecule has 2 nitrogen and oxygen atoms in total.